The van der Waals surface area contributed by atoms with Crippen molar-refractivity contribution in [3.8, 4) is 5.75 Å². The number of nitrogens with zero attached hydrogens (tertiary/aromatic N) is 2. The van der Waals surface area contributed by atoms with E-state index in [-0.39, 0.29) is 23.2 Å². The number of nitrogens with one attached hydrogen (secondary N) is 1. The Labute approximate surface area is 290 Å². The third-order valence-corrected chi connectivity index (χ3v) is 15.7. The summed E-state index contributed by atoms with van der Waals surface area (Å²) in [6, 6.07) is 11.4. The number of aliphatic hydroxyl groups is 1. The number of anilines is 1. The molecule has 262 valence electrons. The van der Waals surface area contributed by atoms with Crippen molar-refractivity contribution in [2.24, 2.45) is 17.8 Å². The van der Waals surface area contributed by atoms with Crippen LogP contribution in [0.2, 0.25) is 5.02 Å². The van der Waals surface area contributed by atoms with E-state index in [2.05, 4.69) is 21.6 Å². The first-order valence-electron chi connectivity index (χ1n) is 16.8. The molecule has 1 spiro atoms. The molecule has 2 aromatic rings. The molecular formula is C36H48ClN3O6S2. The van der Waals surface area contributed by atoms with Crippen molar-refractivity contribution in [2.75, 3.05) is 44.4 Å². The summed E-state index contributed by atoms with van der Waals surface area (Å²) < 4.78 is 50.8. The van der Waals surface area contributed by atoms with Crippen LogP contribution in [0.25, 0.3) is 0 Å². The highest BCUT2D eigenvalue weighted by atomic mass is 35.5. The van der Waals surface area contributed by atoms with Gasteiger partial charge in [-0.05, 0) is 111 Å². The molecule has 7 atom stereocenters. The van der Waals surface area contributed by atoms with E-state index in [0.29, 0.717) is 48.9 Å². The summed E-state index contributed by atoms with van der Waals surface area (Å²) >= 11 is 6.43. The first kappa shape index (κ1) is 35.3. The zero-order chi connectivity index (χ0) is 34.6. The van der Waals surface area contributed by atoms with Gasteiger partial charge in [0.1, 0.15) is 11.4 Å². The third-order valence-electron chi connectivity index (χ3n) is 11.4. The Bertz CT molecular complexity index is 1830. The minimum absolute atomic E-state index is 0.0198. The Balaban J connectivity index is 1.47. The van der Waals surface area contributed by atoms with Gasteiger partial charge < -0.3 is 14.7 Å². The van der Waals surface area contributed by atoms with Crippen LogP contribution in [0, 0.1) is 17.8 Å². The van der Waals surface area contributed by atoms with Crippen LogP contribution in [0.3, 0.4) is 0 Å². The second-order valence-corrected chi connectivity index (χ2v) is 19.8. The smallest absolute Gasteiger partial charge is 0.262 e. The van der Waals surface area contributed by atoms with E-state index >= 15 is 0 Å². The Morgan fingerprint density at radius 3 is 2.67 bits per heavy atom. The highest BCUT2D eigenvalue weighted by molar-refractivity contribution is 7.99. The molecule has 48 heavy (non-hydrogen) atoms. The minimum atomic E-state index is -3.76. The molecule has 2 aromatic carbocycles. The second-order valence-electron chi connectivity index (χ2n) is 14.7. The third kappa shape index (κ3) is 6.65. The topological polar surface area (TPSA) is 116 Å². The molecule has 2 heterocycles. The first-order valence-corrected chi connectivity index (χ1v) is 20.6. The molecule has 4 aliphatic rings. The van der Waals surface area contributed by atoms with Gasteiger partial charge in [-0.3, -0.25) is 9.52 Å². The maximum atomic E-state index is 13.8. The number of rotatable bonds is 3. The zero-order valence-corrected chi connectivity index (χ0v) is 30.7. The van der Waals surface area contributed by atoms with Crippen LogP contribution in [-0.4, -0.2) is 84.2 Å². The van der Waals surface area contributed by atoms with Crippen LogP contribution < -0.4 is 14.4 Å². The highest BCUT2D eigenvalue weighted by Gasteiger charge is 2.50. The fourth-order valence-corrected chi connectivity index (χ4v) is 10.9. The minimum Gasteiger partial charge on any atom is -0.490 e. The van der Waals surface area contributed by atoms with Crippen molar-refractivity contribution in [2.45, 2.75) is 68.6 Å². The van der Waals surface area contributed by atoms with Gasteiger partial charge in [-0.1, -0.05) is 36.7 Å². The van der Waals surface area contributed by atoms with E-state index in [9.17, 15) is 22.5 Å². The molecule has 1 unspecified atom stereocenters. The summed E-state index contributed by atoms with van der Waals surface area (Å²) in [4.78, 5) is 15.9. The van der Waals surface area contributed by atoms with Gasteiger partial charge in [0, 0.05) is 48.4 Å². The van der Waals surface area contributed by atoms with Crippen LogP contribution in [0.5, 0.6) is 5.75 Å². The molecular weight excluding hydrogens is 670 g/mol. The number of carbonyl (C=O) groups is 1. The van der Waals surface area contributed by atoms with Crippen molar-refractivity contribution in [3.05, 3.63) is 70.3 Å². The quantitative estimate of drug-likeness (QED) is 0.346. The summed E-state index contributed by atoms with van der Waals surface area (Å²) in [5.41, 5.74) is 1.56. The number of fused-ring (bicyclic) bond motifs is 4. The maximum Gasteiger partial charge on any atom is 0.262 e. The molecule has 2 N–H and O–H groups in total. The number of aryl methyl sites for hydroxylation is 1. The van der Waals surface area contributed by atoms with E-state index in [1.54, 1.807) is 25.1 Å². The van der Waals surface area contributed by atoms with Gasteiger partial charge in [0.2, 0.25) is 10.0 Å². The fourth-order valence-electron chi connectivity index (χ4n) is 8.05. The number of carbonyl (C=O) groups excluding carboxylic acids is 1. The average molecular weight is 718 g/mol. The fraction of sp³-hybridized carbons (Fsp3) is 0.556. The SMILES string of the molecule is C=S1(=O)NC(=O)c2ccc3c(c2)N(C[C@@H]2CC[C@H]2[C@](O)(CS(=O)(=O)N(C)C)/C=C/C[C@H](C)[C@H]1C)C[C@@]1(CCCc2cc(Cl)ccc21)CO3. The van der Waals surface area contributed by atoms with Gasteiger partial charge in [-0.2, -0.15) is 0 Å². The van der Waals surface area contributed by atoms with Gasteiger partial charge in [-0.15, -0.1) is 0 Å². The Hall–Kier alpha value is -2.57. The van der Waals surface area contributed by atoms with E-state index in [1.165, 1.54) is 25.2 Å². The first-order chi connectivity index (χ1) is 22.5. The average Bonchev–Trinajstić information content (AvgIpc) is 3.14. The molecule has 2 bridgehead atoms. The van der Waals surface area contributed by atoms with Gasteiger partial charge in [0.15, 0.2) is 0 Å². The normalized spacial score (nSPS) is 34.6. The summed E-state index contributed by atoms with van der Waals surface area (Å²) in [7, 11) is -3.85. The van der Waals surface area contributed by atoms with Gasteiger partial charge in [0.05, 0.1) is 27.8 Å². The monoisotopic (exact) mass is 717 g/mol. The molecule has 2 aliphatic carbocycles. The van der Waals surface area contributed by atoms with Crippen LogP contribution in [-0.2, 0) is 31.6 Å². The molecule has 1 amide bonds. The Kier molecular flexibility index (Phi) is 9.52. The number of allylic oxidation sites excluding steroid dienone is 1. The second kappa shape index (κ2) is 13.0. The van der Waals surface area contributed by atoms with Crippen LogP contribution in [0.4, 0.5) is 5.69 Å². The van der Waals surface area contributed by atoms with Crippen molar-refractivity contribution in [1.29, 1.82) is 0 Å². The van der Waals surface area contributed by atoms with Gasteiger partial charge in [0.25, 0.3) is 5.91 Å². The summed E-state index contributed by atoms with van der Waals surface area (Å²) in [6.07, 6.45) is 8.21. The molecule has 0 saturated heterocycles. The van der Waals surface area contributed by atoms with Gasteiger partial charge >= 0.3 is 0 Å². The lowest BCUT2D eigenvalue weighted by Crippen LogP contribution is -2.55. The largest absolute Gasteiger partial charge is 0.490 e. The predicted octanol–water partition coefficient (Wildman–Crippen LogP) is 4.81. The molecule has 12 heteroatoms. The highest BCUT2D eigenvalue weighted by Crippen LogP contribution is 2.48. The molecule has 9 nitrogen and oxygen atoms in total. The lowest BCUT2D eigenvalue weighted by atomic mass is 9.64. The van der Waals surface area contributed by atoms with Crippen molar-refractivity contribution < 1.29 is 27.3 Å². The van der Waals surface area contributed by atoms with Crippen LogP contribution in [0.1, 0.15) is 67.4 Å². The summed E-state index contributed by atoms with van der Waals surface area (Å²) in [5.74, 6) is 3.18. The molecule has 1 saturated carbocycles. The molecule has 1 fully saturated rings. The maximum absolute atomic E-state index is 13.8. The van der Waals surface area contributed by atoms with Gasteiger partial charge in [-0.25, -0.2) is 16.9 Å². The molecule has 2 aliphatic heterocycles. The summed E-state index contributed by atoms with van der Waals surface area (Å²) in [6.45, 7) is 5.30. The van der Waals surface area contributed by atoms with E-state index in [0.717, 1.165) is 35.7 Å². The number of amides is 1. The molecule has 0 aromatic heterocycles. The van der Waals surface area contributed by atoms with E-state index in [4.69, 9.17) is 16.3 Å². The lowest BCUT2D eigenvalue weighted by molar-refractivity contribution is -0.0294. The lowest BCUT2D eigenvalue weighted by Gasteiger charge is -2.49. The number of benzene rings is 2. The van der Waals surface area contributed by atoms with Crippen molar-refractivity contribution in [1.82, 2.24) is 9.03 Å². The number of ether oxygens (including phenoxy) is 1. The predicted molar refractivity (Wildman–Crippen MR) is 194 cm³/mol. The van der Waals surface area contributed by atoms with Crippen LogP contribution in [0.15, 0.2) is 48.6 Å². The van der Waals surface area contributed by atoms with Crippen molar-refractivity contribution in [3.63, 3.8) is 0 Å². The zero-order valence-electron chi connectivity index (χ0n) is 28.3. The number of halogens is 1. The van der Waals surface area contributed by atoms with E-state index in [1.807, 2.05) is 31.2 Å². The summed E-state index contributed by atoms with van der Waals surface area (Å²) in [5, 5.41) is 12.5. The van der Waals surface area contributed by atoms with E-state index < -0.39 is 42.2 Å². The number of hydrogen-bond acceptors (Lipinski definition) is 7. The Morgan fingerprint density at radius 2 is 1.96 bits per heavy atom. The number of sulfonamides is 1. The molecule has 6 rings (SSSR count). The Morgan fingerprint density at radius 1 is 1.19 bits per heavy atom. The standard InChI is InChI=1S/C36H48ClN3O6S2/c1-24-8-6-17-36(42,23-48(44,45)39(3)4)31-13-10-28(31)20-40-21-35(16-7-9-26-18-29(37)12-14-30(26)35)22-46-33-15-11-27(19-32(33)40)34(41)38-47(5,43)25(24)2/h6,11-12,14-15,17-19,24-25,28,31,42H,5,7-10,13,16,20-23H2,1-4H3,(H,38,41,43)/b17-6+/t24-,25+,28-,31+,35-,36+,47?/m0/s1. The molecule has 0 radical (unpaired) electrons. The van der Waals surface area contributed by atoms with Crippen molar-refractivity contribution >= 4 is 48.8 Å². The van der Waals surface area contributed by atoms with Crippen LogP contribution >= 0.6 is 11.6 Å². The number of hydrogen-bond donors (Lipinski definition) is 2.